The van der Waals surface area contributed by atoms with Crippen molar-refractivity contribution in [2.45, 2.75) is 20.0 Å². The molecule has 0 aliphatic rings. The molecule has 2 aromatic carbocycles. The Kier molecular flexibility index (Phi) is 6.04. The largest absolute Gasteiger partial charge is 0.347 e. The summed E-state index contributed by atoms with van der Waals surface area (Å²) in [4.78, 5) is 35.3. The number of benzene rings is 2. The molecule has 0 spiro atoms. The predicted molar refractivity (Wildman–Crippen MR) is 113 cm³/mol. The Bertz CT molecular complexity index is 1110. The lowest BCUT2D eigenvalue weighted by molar-refractivity contribution is -0.384. The number of hydrogen-bond donors (Lipinski definition) is 1. The van der Waals surface area contributed by atoms with Crippen LogP contribution in [0.15, 0.2) is 59.9 Å². The third-order valence-corrected chi connectivity index (χ3v) is 5.59. The number of thiazole rings is 1. The van der Waals surface area contributed by atoms with Crippen LogP contribution in [0.4, 0.5) is 5.69 Å². The van der Waals surface area contributed by atoms with Crippen LogP contribution in [0.3, 0.4) is 0 Å². The van der Waals surface area contributed by atoms with E-state index in [4.69, 9.17) is 0 Å². The van der Waals surface area contributed by atoms with Gasteiger partial charge in [0.05, 0.1) is 11.5 Å². The third kappa shape index (κ3) is 4.67. The van der Waals surface area contributed by atoms with Gasteiger partial charge >= 0.3 is 4.87 Å². The second-order valence-corrected chi connectivity index (χ2v) is 7.38. The Morgan fingerprint density at radius 2 is 1.79 bits per heavy atom. The van der Waals surface area contributed by atoms with Gasteiger partial charge in [-0.3, -0.25) is 24.3 Å². The van der Waals surface area contributed by atoms with Gasteiger partial charge in [-0.15, -0.1) is 0 Å². The van der Waals surface area contributed by atoms with Crippen LogP contribution in [-0.2, 0) is 13.1 Å². The topological polar surface area (TPSA) is 94.2 Å². The van der Waals surface area contributed by atoms with E-state index in [1.54, 1.807) is 29.7 Å². The highest BCUT2D eigenvalue weighted by Crippen LogP contribution is 2.16. The van der Waals surface area contributed by atoms with E-state index >= 15 is 0 Å². The number of nitro groups is 1. The summed E-state index contributed by atoms with van der Waals surface area (Å²) in [6, 6.07) is 13.7. The zero-order valence-electron chi connectivity index (χ0n) is 15.8. The van der Waals surface area contributed by atoms with E-state index in [1.807, 2.05) is 24.3 Å². The van der Waals surface area contributed by atoms with Gasteiger partial charge in [-0.25, -0.2) is 0 Å². The first kappa shape index (κ1) is 20.2. The molecule has 7 nitrogen and oxygen atoms in total. The third-order valence-electron chi connectivity index (χ3n) is 4.51. The lowest BCUT2D eigenvalue weighted by atomic mass is 10.1. The lowest BCUT2D eigenvalue weighted by Crippen LogP contribution is -2.23. The molecular weight excluding hydrogens is 390 g/mol. The first-order valence-corrected chi connectivity index (χ1v) is 9.64. The minimum Gasteiger partial charge on any atom is -0.347 e. The Hall–Kier alpha value is -3.52. The first-order chi connectivity index (χ1) is 13.9. The van der Waals surface area contributed by atoms with Gasteiger partial charge in [-0.2, -0.15) is 0 Å². The van der Waals surface area contributed by atoms with Gasteiger partial charge in [0.1, 0.15) is 4.88 Å². The van der Waals surface area contributed by atoms with Crippen molar-refractivity contribution in [2.24, 2.45) is 0 Å². The van der Waals surface area contributed by atoms with Crippen LogP contribution in [0.5, 0.6) is 0 Å². The number of rotatable bonds is 7. The molecule has 148 valence electrons. The Balaban J connectivity index is 1.71. The fourth-order valence-corrected chi connectivity index (χ4v) is 3.72. The van der Waals surface area contributed by atoms with Crippen LogP contribution in [0.1, 0.15) is 32.1 Å². The molecule has 0 fully saturated rings. The van der Waals surface area contributed by atoms with Gasteiger partial charge in [0.2, 0.25) is 0 Å². The highest BCUT2D eigenvalue weighted by molar-refractivity contribution is 7.11. The molecular formula is C21H19N3O4S. The van der Waals surface area contributed by atoms with E-state index < -0.39 is 4.92 Å². The summed E-state index contributed by atoms with van der Waals surface area (Å²) in [6.07, 6.45) is 1.75. The van der Waals surface area contributed by atoms with Crippen molar-refractivity contribution in [3.8, 4) is 0 Å². The number of carbonyl (C=O) groups excluding carboxylic acids is 1. The number of nitrogens with zero attached hydrogens (tertiary/aromatic N) is 2. The number of hydrogen-bond acceptors (Lipinski definition) is 5. The average molecular weight is 409 g/mol. The average Bonchev–Trinajstić information content (AvgIpc) is 3.01. The summed E-state index contributed by atoms with van der Waals surface area (Å²) >= 11 is 0.907. The highest BCUT2D eigenvalue weighted by Gasteiger charge is 2.18. The molecule has 1 N–H and O–H groups in total. The van der Waals surface area contributed by atoms with Crippen molar-refractivity contribution in [1.29, 1.82) is 0 Å². The van der Waals surface area contributed by atoms with Crippen LogP contribution < -0.4 is 10.2 Å². The van der Waals surface area contributed by atoms with Crippen molar-refractivity contribution in [2.75, 3.05) is 0 Å². The van der Waals surface area contributed by atoms with Crippen LogP contribution in [0, 0.1) is 17.0 Å². The molecule has 3 rings (SSSR count). The minimum atomic E-state index is -0.475. The number of aromatic nitrogens is 1. The molecule has 1 heterocycles. The molecule has 0 unspecified atom stereocenters. The summed E-state index contributed by atoms with van der Waals surface area (Å²) in [7, 11) is 0. The molecule has 0 bridgehead atoms. The lowest BCUT2D eigenvalue weighted by Gasteiger charge is -2.07. The maximum Gasteiger partial charge on any atom is 0.308 e. The number of nitrogens with one attached hydrogen (secondary N) is 1. The van der Waals surface area contributed by atoms with Gasteiger partial charge in [0, 0.05) is 24.4 Å². The fourth-order valence-electron chi connectivity index (χ4n) is 2.81. The van der Waals surface area contributed by atoms with E-state index in [2.05, 4.69) is 11.9 Å². The summed E-state index contributed by atoms with van der Waals surface area (Å²) < 4.78 is 1.58. The quantitative estimate of drug-likeness (QED) is 0.475. The normalized spacial score (nSPS) is 10.5. The number of non-ortho nitro benzene ring substituents is 1. The Labute approximate surface area is 171 Å². The van der Waals surface area contributed by atoms with Crippen molar-refractivity contribution in [3.63, 3.8) is 0 Å². The smallest absolute Gasteiger partial charge is 0.308 e. The zero-order valence-corrected chi connectivity index (χ0v) is 16.6. The number of amides is 1. The van der Waals surface area contributed by atoms with Gasteiger partial charge in [-0.1, -0.05) is 60.4 Å². The molecule has 1 amide bonds. The molecule has 29 heavy (non-hydrogen) atoms. The molecule has 0 radical (unpaired) electrons. The van der Waals surface area contributed by atoms with E-state index in [9.17, 15) is 19.7 Å². The van der Waals surface area contributed by atoms with Crippen LogP contribution >= 0.6 is 11.3 Å². The van der Waals surface area contributed by atoms with E-state index in [-0.39, 0.29) is 23.0 Å². The van der Waals surface area contributed by atoms with Crippen LogP contribution in [0.25, 0.3) is 6.08 Å². The minimum absolute atomic E-state index is 0.00709. The molecule has 3 aromatic rings. The molecule has 8 heteroatoms. The summed E-state index contributed by atoms with van der Waals surface area (Å²) in [5.74, 6) is -0.344. The second kappa shape index (κ2) is 8.66. The van der Waals surface area contributed by atoms with Gasteiger partial charge in [0.15, 0.2) is 0 Å². The number of carbonyl (C=O) groups is 1. The molecule has 0 aliphatic carbocycles. The van der Waals surface area contributed by atoms with Crippen molar-refractivity contribution in [3.05, 3.63) is 102 Å². The van der Waals surface area contributed by atoms with Gasteiger partial charge in [-0.05, 0) is 23.6 Å². The highest BCUT2D eigenvalue weighted by atomic mass is 32.1. The Morgan fingerprint density at radius 3 is 2.38 bits per heavy atom. The summed E-state index contributed by atoms with van der Waals surface area (Å²) in [5.41, 5.74) is 3.28. The van der Waals surface area contributed by atoms with Crippen LogP contribution in [-0.4, -0.2) is 15.4 Å². The van der Waals surface area contributed by atoms with Crippen molar-refractivity contribution in [1.82, 2.24) is 9.88 Å². The summed E-state index contributed by atoms with van der Waals surface area (Å²) in [6.45, 7) is 6.06. The zero-order chi connectivity index (χ0) is 21.0. The van der Waals surface area contributed by atoms with Gasteiger partial charge < -0.3 is 5.32 Å². The number of nitro benzene ring substituents is 1. The molecule has 0 aliphatic heterocycles. The van der Waals surface area contributed by atoms with Gasteiger partial charge in [0.25, 0.3) is 11.6 Å². The van der Waals surface area contributed by atoms with E-state index in [1.165, 1.54) is 12.1 Å². The monoisotopic (exact) mass is 409 g/mol. The first-order valence-electron chi connectivity index (χ1n) is 8.82. The van der Waals surface area contributed by atoms with Crippen molar-refractivity contribution >= 4 is 29.0 Å². The molecule has 0 saturated carbocycles. The molecule has 1 aromatic heterocycles. The van der Waals surface area contributed by atoms with E-state index in [0.29, 0.717) is 17.1 Å². The van der Waals surface area contributed by atoms with E-state index in [0.717, 1.165) is 28.0 Å². The maximum absolute atomic E-state index is 12.5. The molecule has 0 atom stereocenters. The molecule has 0 saturated heterocycles. The van der Waals surface area contributed by atoms with Crippen molar-refractivity contribution < 1.29 is 9.72 Å². The maximum atomic E-state index is 12.5. The predicted octanol–water partition coefficient (Wildman–Crippen LogP) is 3.75. The second-order valence-electron chi connectivity index (χ2n) is 6.42. The standard InChI is InChI=1S/C21H19N3O4S/c1-3-15-4-6-17(7-5-15)13-23-14(2)19(29-21(23)26)20(25)22-12-16-8-10-18(11-9-16)24(27)28/h3-11H,1,12-13H2,2H3,(H,22,25). The van der Waals surface area contributed by atoms with Crippen LogP contribution in [0.2, 0.25) is 0 Å². The fraction of sp³-hybridized carbons (Fsp3) is 0.143. The Morgan fingerprint density at radius 1 is 1.17 bits per heavy atom. The summed E-state index contributed by atoms with van der Waals surface area (Å²) in [5, 5.41) is 13.5. The SMILES string of the molecule is C=Cc1ccc(Cn2c(C)c(C(=O)NCc3ccc([N+](=O)[O-])cc3)sc2=O)cc1.